The van der Waals surface area contributed by atoms with Crippen molar-refractivity contribution in [3.8, 4) is 0 Å². The highest BCUT2D eigenvalue weighted by molar-refractivity contribution is 7.13. The van der Waals surface area contributed by atoms with Crippen LogP contribution in [0.15, 0.2) is 41.9 Å². The number of rotatable bonds is 5. The molecule has 0 aliphatic carbocycles. The van der Waals surface area contributed by atoms with Crippen LogP contribution >= 0.6 is 23.7 Å². The first-order valence-corrected chi connectivity index (χ1v) is 6.16. The maximum absolute atomic E-state index is 11.5. The molecule has 0 unspecified atom stereocenters. The summed E-state index contributed by atoms with van der Waals surface area (Å²) in [6.07, 6.45) is 1.66. The molecule has 0 atom stereocenters. The quantitative estimate of drug-likeness (QED) is 0.885. The van der Waals surface area contributed by atoms with Crippen molar-refractivity contribution in [3.05, 3.63) is 47.5 Å². The number of carbonyl (C=O) groups excluding carboxylic acids is 1. The van der Waals surface area contributed by atoms with Crippen LogP contribution in [0.2, 0.25) is 0 Å². The summed E-state index contributed by atoms with van der Waals surface area (Å²) in [4.78, 5) is 15.5. The van der Waals surface area contributed by atoms with Crippen LogP contribution in [0.5, 0.6) is 0 Å². The zero-order valence-electron chi connectivity index (χ0n) is 9.63. The Morgan fingerprint density at radius 1 is 1.28 bits per heavy atom. The van der Waals surface area contributed by atoms with Gasteiger partial charge in [0.1, 0.15) is 0 Å². The molecule has 1 aromatic carbocycles. The van der Waals surface area contributed by atoms with Gasteiger partial charge in [-0.3, -0.25) is 4.79 Å². The minimum Gasteiger partial charge on any atom is -0.304 e. The Kier molecular flexibility index (Phi) is 6.35. The Balaban J connectivity index is 0.00000162. The molecule has 1 heterocycles. The molecule has 4 nitrogen and oxygen atoms in total. The first kappa shape index (κ1) is 14.6. The summed E-state index contributed by atoms with van der Waals surface area (Å²) < 4.78 is 0. The second-order valence-corrected chi connectivity index (χ2v) is 4.37. The molecular weight excluding hydrogens is 270 g/mol. The van der Waals surface area contributed by atoms with E-state index in [9.17, 15) is 4.79 Å². The first-order chi connectivity index (χ1) is 8.34. The van der Waals surface area contributed by atoms with Crippen molar-refractivity contribution in [2.75, 3.05) is 11.9 Å². The standard InChI is InChI=1S/C12H13N3OS.ClH/c16-11(15-12-14-6-7-17-12)9-13-8-10-4-2-1-3-5-10;/h1-7,13H,8-9H2,(H,14,15,16);1H. The summed E-state index contributed by atoms with van der Waals surface area (Å²) >= 11 is 1.41. The van der Waals surface area contributed by atoms with Gasteiger partial charge in [-0.25, -0.2) is 4.98 Å². The van der Waals surface area contributed by atoms with Crippen molar-refractivity contribution < 1.29 is 4.79 Å². The number of nitrogens with zero attached hydrogens (tertiary/aromatic N) is 1. The third-order valence-electron chi connectivity index (χ3n) is 2.14. The van der Waals surface area contributed by atoms with Crippen LogP contribution in [0, 0.1) is 0 Å². The summed E-state index contributed by atoms with van der Waals surface area (Å²) in [6, 6.07) is 9.97. The molecule has 96 valence electrons. The lowest BCUT2D eigenvalue weighted by Crippen LogP contribution is -2.27. The maximum atomic E-state index is 11.5. The van der Waals surface area contributed by atoms with E-state index in [2.05, 4.69) is 15.6 Å². The summed E-state index contributed by atoms with van der Waals surface area (Å²) in [7, 11) is 0. The molecule has 1 amide bonds. The number of benzene rings is 1. The van der Waals surface area contributed by atoms with E-state index in [1.807, 2.05) is 35.7 Å². The summed E-state index contributed by atoms with van der Waals surface area (Å²) in [5.41, 5.74) is 1.16. The van der Waals surface area contributed by atoms with Crippen molar-refractivity contribution in [2.24, 2.45) is 0 Å². The van der Waals surface area contributed by atoms with Gasteiger partial charge in [0.25, 0.3) is 0 Å². The van der Waals surface area contributed by atoms with Crippen LogP contribution < -0.4 is 10.6 Å². The van der Waals surface area contributed by atoms with Gasteiger partial charge in [0.05, 0.1) is 6.54 Å². The molecule has 0 bridgehead atoms. The van der Waals surface area contributed by atoms with Gasteiger partial charge < -0.3 is 10.6 Å². The zero-order valence-corrected chi connectivity index (χ0v) is 11.3. The molecule has 0 fully saturated rings. The number of thiazole rings is 1. The molecule has 0 aliphatic rings. The van der Waals surface area contributed by atoms with E-state index in [4.69, 9.17) is 0 Å². The van der Waals surface area contributed by atoms with Crippen molar-refractivity contribution in [1.29, 1.82) is 0 Å². The maximum Gasteiger partial charge on any atom is 0.240 e. The van der Waals surface area contributed by atoms with Crippen LogP contribution in [0.4, 0.5) is 5.13 Å². The van der Waals surface area contributed by atoms with E-state index >= 15 is 0 Å². The van der Waals surface area contributed by atoms with Crippen LogP contribution in [0.25, 0.3) is 0 Å². The summed E-state index contributed by atoms with van der Waals surface area (Å²) in [6.45, 7) is 0.973. The fourth-order valence-electron chi connectivity index (χ4n) is 1.36. The van der Waals surface area contributed by atoms with Gasteiger partial charge in [-0.05, 0) is 5.56 Å². The van der Waals surface area contributed by atoms with Crippen LogP contribution in [-0.2, 0) is 11.3 Å². The monoisotopic (exact) mass is 283 g/mol. The number of amides is 1. The molecule has 0 radical (unpaired) electrons. The second-order valence-electron chi connectivity index (χ2n) is 3.47. The van der Waals surface area contributed by atoms with Gasteiger partial charge >= 0.3 is 0 Å². The topological polar surface area (TPSA) is 54.0 Å². The predicted octanol–water partition coefficient (Wildman–Crippen LogP) is 2.29. The number of carbonyl (C=O) groups is 1. The Morgan fingerprint density at radius 2 is 2.06 bits per heavy atom. The smallest absolute Gasteiger partial charge is 0.240 e. The average molecular weight is 284 g/mol. The van der Waals surface area contributed by atoms with Crippen molar-refractivity contribution in [1.82, 2.24) is 10.3 Å². The molecule has 0 saturated heterocycles. The second kappa shape index (κ2) is 7.81. The fourth-order valence-corrected chi connectivity index (χ4v) is 1.91. The van der Waals surface area contributed by atoms with Gasteiger partial charge in [-0.2, -0.15) is 0 Å². The van der Waals surface area contributed by atoms with E-state index < -0.39 is 0 Å². The first-order valence-electron chi connectivity index (χ1n) is 5.28. The number of aromatic nitrogens is 1. The van der Waals surface area contributed by atoms with Crippen molar-refractivity contribution >= 4 is 34.8 Å². The van der Waals surface area contributed by atoms with Gasteiger partial charge in [-0.15, -0.1) is 23.7 Å². The fraction of sp³-hybridized carbons (Fsp3) is 0.167. The van der Waals surface area contributed by atoms with Crippen molar-refractivity contribution in [3.63, 3.8) is 0 Å². The van der Waals surface area contributed by atoms with E-state index in [1.165, 1.54) is 11.3 Å². The lowest BCUT2D eigenvalue weighted by molar-refractivity contribution is -0.115. The molecule has 2 rings (SSSR count). The molecule has 2 N–H and O–H groups in total. The Hall–Kier alpha value is -1.43. The molecule has 0 spiro atoms. The average Bonchev–Trinajstić information content (AvgIpc) is 2.83. The summed E-state index contributed by atoms with van der Waals surface area (Å²) in [5.74, 6) is -0.0733. The predicted molar refractivity (Wildman–Crippen MR) is 76.1 cm³/mol. The van der Waals surface area contributed by atoms with Crippen LogP contribution in [-0.4, -0.2) is 17.4 Å². The Bertz CT molecular complexity index is 461. The van der Waals surface area contributed by atoms with E-state index in [0.29, 0.717) is 11.7 Å². The van der Waals surface area contributed by atoms with Gasteiger partial charge in [0.2, 0.25) is 5.91 Å². The molecule has 2 aromatic rings. The Labute approximate surface area is 116 Å². The largest absolute Gasteiger partial charge is 0.304 e. The van der Waals surface area contributed by atoms with Crippen molar-refractivity contribution in [2.45, 2.75) is 6.54 Å². The summed E-state index contributed by atoms with van der Waals surface area (Å²) in [5, 5.41) is 8.25. The van der Waals surface area contributed by atoms with E-state index in [-0.39, 0.29) is 24.9 Å². The van der Waals surface area contributed by atoms with Gasteiger partial charge in [0.15, 0.2) is 5.13 Å². The molecule has 18 heavy (non-hydrogen) atoms. The lowest BCUT2D eigenvalue weighted by atomic mass is 10.2. The third kappa shape index (κ3) is 4.83. The van der Waals surface area contributed by atoms with Gasteiger partial charge in [-0.1, -0.05) is 30.3 Å². The minimum atomic E-state index is -0.0733. The van der Waals surface area contributed by atoms with E-state index in [0.717, 1.165) is 5.56 Å². The third-order valence-corrected chi connectivity index (χ3v) is 2.82. The molecule has 1 aromatic heterocycles. The minimum absolute atomic E-state index is 0. The lowest BCUT2D eigenvalue weighted by Gasteiger charge is -2.04. The molecule has 0 aliphatic heterocycles. The highest BCUT2D eigenvalue weighted by Crippen LogP contribution is 2.09. The number of nitrogens with one attached hydrogen (secondary N) is 2. The number of halogens is 1. The number of anilines is 1. The van der Waals surface area contributed by atoms with Crippen LogP contribution in [0.1, 0.15) is 5.56 Å². The molecule has 6 heteroatoms. The van der Waals surface area contributed by atoms with Gasteiger partial charge in [0, 0.05) is 18.1 Å². The number of hydrogen-bond acceptors (Lipinski definition) is 4. The normalized spacial score (nSPS) is 9.56. The zero-order chi connectivity index (χ0) is 11.9. The Morgan fingerprint density at radius 3 is 2.72 bits per heavy atom. The molecular formula is C12H14ClN3OS. The molecule has 0 saturated carbocycles. The number of hydrogen-bond donors (Lipinski definition) is 2. The van der Waals surface area contributed by atoms with Crippen LogP contribution in [0.3, 0.4) is 0 Å². The SMILES string of the molecule is Cl.O=C(CNCc1ccccc1)Nc1nccs1. The van der Waals surface area contributed by atoms with E-state index in [1.54, 1.807) is 6.20 Å². The highest BCUT2D eigenvalue weighted by Gasteiger charge is 2.02. The highest BCUT2D eigenvalue weighted by atomic mass is 35.5.